The average Bonchev–Trinajstić information content (AvgIpc) is 2.53. The first-order valence-corrected chi connectivity index (χ1v) is 6.06. The molecule has 1 aromatic rings. The molecule has 1 amide bonds. The molecule has 0 aromatic heterocycles. The van der Waals surface area contributed by atoms with Crippen LogP contribution >= 0.6 is 0 Å². The van der Waals surface area contributed by atoms with Crippen LogP contribution in [0.3, 0.4) is 0 Å². The topological polar surface area (TPSA) is 64.4 Å². The summed E-state index contributed by atoms with van der Waals surface area (Å²) in [6, 6.07) is 3.93. The Bertz CT molecular complexity index is 449. The van der Waals surface area contributed by atoms with Crippen molar-refractivity contribution in [2.24, 2.45) is 5.73 Å². The first-order chi connectivity index (χ1) is 8.59. The molecule has 1 aliphatic rings. The number of halogens is 1. The van der Waals surface area contributed by atoms with Crippen LogP contribution in [0.15, 0.2) is 18.2 Å². The number of amides is 1. The van der Waals surface area contributed by atoms with Gasteiger partial charge in [-0.2, -0.15) is 0 Å². The van der Waals surface area contributed by atoms with Gasteiger partial charge in [-0.3, -0.25) is 4.79 Å². The van der Waals surface area contributed by atoms with Crippen LogP contribution in [0.4, 0.5) is 4.39 Å². The first-order valence-electron chi connectivity index (χ1n) is 6.06. The molecule has 0 spiro atoms. The lowest BCUT2D eigenvalue weighted by atomic mass is 10.0. The van der Waals surface area contributed by atoms with Crippen molar-refractivity contribution in [1.29, 1.82) is 0 Å². The Morgan fingerprint density at radius 2 is 2.39 bits per heavy atom. The van der Waals surface area contributed by atoms with Crippen molar-refractivity contribution >= 4 is 5.91 Å². The second-order valence-corrected chi connectivity index (χ2v) is 4.50. The van der Waals surface area contributed by atoms with Gasteiger partial charge in [0.1, 0.15) is 0 Å². The molecule has 98 valence electrons. The Morgan fingerprint density at radius 3 is 3.11 bits per heavy atom. The number of rotatable bonds is 2. The van der Waals surface area contributed by atoms with Crippen molar-refractivity contribution in [3.8, 4) is 5.75 Å². The van der Waals surface area contributed by atoms with Gasteiger partial charge in [-0.1, -0.05) is 12.1 Å². The van der Waals surface area contributed by atoms with Crippen LogP contribution in [0.1, 0.15) is 31.4 Å². The Balaban J connectivity index is 2.27. The summed E-state index contributed by atoms with van der Waals surface area (Å²) in [7, 11) is 0. The molecule has 5 heteroatoms. The fraction of sp³-hybridized carbons (Fsp3) is 0.462. The van der Waals surface area contributed by atoms with E-state index >= 15 is 0 Å². The largest absolute Gasteiger partial charge is 0.490 e. The number of para-hydroxylation sites is 1. The van der Waals surface area contributed by atoms with Gasteiger partial charge in [0.25, 0.3) is 0 Å². The van der Waals surface area contributed by atoms with E-state index in [9.17, 15) is 9.18 Å². The van der Waals surface area contributed by atoms with E-state index in [1.165, 1.54) is 6.07 Å². The molecule has 4 nitrogen and oxygen atoms in total. The van der Waals surface area contributed by atoms with E-state index in [1.807, 2.05) is 0 Å². The molecule has 0 bridgehead atoms. The third kappa shape index (κ3) is 2.61. The van der Waals surface area contributed by atoms with Gasteiger partial charge in [-0.15, -0.1) is 0 Å². The zero-order chi connectivity index (χ0) is 13.1. The molecule has 1 aliphatic heterocycles. The number of carbonyl (C=O) groups excluding carboxylic acids is 1. The Labute approximate surface area is 105 Å². The predicted molar refractivity (Wildman–Crippen MR) is 65.7 cm³/mol. The Kier molecular flexibility index (Phi) is 3.81. The molecule has 0 saturated heterocycles. The number of nitrogens with one attached hydrogen (secondary N) is 1. The molecule has 0 fully saturated rings. The van der Waals surface area contributed by atoms with Gasteiger partial charge in [0, 0.05) is 5.56 Å². The fourth-order valence-corrected chi connectivity index (χ4v) is 2.02. The molecule has 0 saturated carbocycles. The van der Waals surface area contributed by atoms with Gasteiger partial charge in [-0.25, -0.2) is 4.39 Å². The van der Waals surface area contributed by atoms with Crippen LogP contribution < -0.4 is 15.8 Å². The summed E-state index contributed by atoms with van der Waals surface area (Å²) in [5, 5.41) is 2.83. The quantitative estimate of drug-likeness (QED) is 0.838. The summed E-state index contributed by atoms with van der Waals surface area (Å²) < 4.78 is 19.1. The second kappa shape index (κ2) is 5.35. The highest BCUT2D eigenvalue weighted by atomic mass is 19.1. The summed E-state index contributed by atoms with van der Waals surface area (Å²) in [5.41, 5.74) is 6.21. The molecular weight excluding hydrogens is 235 g/mol. The lowest BCUT2D eigenvalue weighted by molar-refractivity contribution is -0.122. The van der Waals surface area contributed by atoms with E-state index in [0.29, 0.717) is 12.2 Å². The number of nitrogens with two attached hydrogens (primary N) is 1. The molecule has 3 N–H and O–H groups in total. The molecule has 2 unspecified atom stereocenters. The van der Waals surface area contributed by atoms with Crippen molar-refractivity contribution in [2.45, 2.75) is 31.8 Å². The molecule has 0 radical (unpaired) electrons. The van der Waals surface area contributed by atoms with E-state index in [1.54, 1.807) is 19.1 Å². The van der Waals surface area contributed by atoms with Crippen LogP contribution in [-0.2, 0) is 4.79 Å². The highest BCUT2D eigenvalue weighted by Gasteiger charge is 2.24. The third-order valence-corrected chi connectivity index (χ3v) is 2.99. The van der Waals surface area contributed by atoms with Crippen LogP contribution in [0.2, 0.25) is 0 Å². The zero-order valence-electron chi connectivity index (χ0n) is 10.3. The second-order valence-electron chi connectivity index (χ2n) is 4.50. The number of fused-ring (bicyclic) bond motifs is 1. The van der Waals surface area contributed by atoms with Gasteiger partial charge in [0.05, 0.1) is 18.7 Å². The normalized spacial score (nSPS) is 20.3. The predicted octanol–water partition coefficient (Wildman–Crippen LogP) is 1.50. The molecule has 2 rings (SSSR count). The van der Waals surface area contributed by atoms with Crippen LogP contribution in [0, 0.1) is 5.82 Å². The number of carbonyl (C=O) groups is 1. The van der Waals surface area contributed by atoms with Gasteiger partial charge in [-0.05, 0) is 25.8 Å². The third-order valence-electron chi connectivity index (χ3n) is 2.99. The highest BCUT2D eigenvalue weighted by Crippen LogP contribution is 2.33. The molecule has 1 aromatic carbocycles. The van der Waals surface area contributed by atoms with E-state index in [-0.39, 0.29) is 17.7 Å². The van der Waals surface area contributed by atoms with E-state index in [0.717, 1.165) is 12.8 Å². The van der Waals surface area contributed by atoms with Crippen molar-refractivity contribution in [2.75, 3.05) is 6.61 Å². The van der Waals surface area contributed by atoms with Crippen molar-refractivity contribution in [1.82, 2.24) is 5.32 Å². The zero-order valence-corrected chi connectivity index (χ0v) is 10.3. The average molecular weight is 252 g/mol. The summed E-state index contributed by atoms with van der Waals surface area (Å²) in [6.07, 6.45) is 1.48. The van der Waals surface area contributed by atoms with Crippen LogP contribution in [0.5, 0.6) is 5.75 Å². The number of hydrogen-bond acceptors (Lipinski definition) is 3. The molecule has 1 heterocycles. The number of ether oxygens (including phenoxy) is 1. The van der Waals surface area contributed by atoms with Gasteiger partial charge < -0.3 is 15.8 Å². The minimum atomic E-state index is -0.578. The van der Waals surface area contributed by atoms with E-state index in [4.69, 9.17) is 10.5 Å². The smallest absolute Gasteiger partial charge is 0.237 e. The number of benzene rings is 1. The maximum absolute atomic E-state index is 13.7. The van der Waals surface area contributed by atoms with E-state index < -0.39 is 11.9 Å². The van der Waals surface area contributed by atoms with Crippen molar-refractivity contribution in [3.05, 3.63) is 29.6 Å². The van der Waals surface area contributed by atoms with Crippen molar-refractivity contribution < 1.29 is 13.9 Å². The summed E-state index contributed by atoms with van der Waals surface area (Å²) in [5.74, 6) is -0.392. The lowest BCUT2D eigenvalue weighted by Crippen LogP contribution is -2.40. The summed E-state index contributed by atoms with van der Waals surface area (Å²) >= 11 is 0. The van der Waals surface area contributed by atoms with Crippen molar-refractivity contribution in [3.63, 3.8) is 0 Å². The van der Waals surface area contributed by atoms with Gasteiger partial charge in [0.2, 0.25) is 5.91 Å². The number of hydrogen-bond donors (Lipinski definition) is 2. The minimum absolute atomic E-state index is 0.239. The Morgan fingerprint density at radius 1 is 1.61 bits per heavy atom. The molecule has 18 heavy (non-hydrogen) atoms. The first kappa shape index (κ1) is 12.8. The monoisotopic (exact) mass is 252 g/mol. The van der Waals surface area contributed by atoms with Crippen LogP contribution in [0.25, 0.3) is 0 Å². The standard InChI is InChI=1S/C13H17FN2O2/c1-8(15)13(17)16-11-6-3-7-18-12-9(11)4-2-5-10(12)14/h2,4-5,8,11H,3,6-7,15H2,1H3,(H,16,17). The Hall–Kier alpha value is -1.62. The minimum Gasteiger partial charge on any atom is -0.490 e. The molecule has 0 aliphatic carbocycles. The maximum Gasteiger partial charge on any atom is 0.237 e. The maximum atomic E-state index is 13.7. The van der Waals surface area contributed by atoms with Gasteiger partial charge >= 0.3 is 0 Å². The lowest BCUT2D eigenvalue weighted by Gasteiger charge is -2.19. The molecule has 2 atom stereocenters. The fourth-order valence-electron chi connectivity index (χ4n) is 2.02. The van der Waals surface area contributed by atoms with Crippen LogP contribution in [-0.4, -0.2) is 18.6 Å². The summed E-state index contributed by atoms with van der Waals surface area (Å²) in [4.78, 5) is 11.6. The SMILES string of the molecule is CC(N)C(=O)NC1CCCOc2c(F)cccc21. The summed E-state index contributed by atoms with van der Waals surface area (Å²) in [6.45, 7) is 2.08. The van der Waals surface area contributed by atoms with E-state index in [2.05, 4.69) is 5.32 Å². The highest BCUT2D eigenvalue weighted by molar-refractivity contribution is 5.81. The van der Waals surface area contributed by atoms with Gasteiger partial charge in [0.15, 0.2) is 11.6 Å². The molecular formula is C13H17FN2O2.